The smallest absolute Gasteiger partial charge is 0.118 e. The van der Waals surface area contributed by atoms with Crippen molar-refractivity contribution in [2.45, 2.75) is 13.3 Å². The molecule has 0 saturated carbocycles. The summed E-state index contributed by atoms with van der Waals surface area (Å²) in [5.41, 5.74) is 3.48. The van der Waals surface area contributed by atoms with Crippen molar-refractivity contribution in [3.05, 3.63) is 76.5 Å². The molecule has 3 heteroatoms. The molecular weight excluding hydrogens is 350 g/mol. The second-order valence-corrected chi connectivity index (χ2v) is 6.29. The van der Waals surface area contributed by atoms with Gasteiger partial charge in [0.2, 0.25) is 0 Å². The van der Waals surface area contributed by atoms with Crippen LogP contribution in [0.15, 0.2) is 65.3 Å². The highest BCUT2D eigenvalue weighted by Gasteiger charge is 2.07. The molecule has 3 aromatic rings. The summed E-state index contributed by atoms with van der Waals surface area (Å²) in [5, 5.41) is 2.36. The molecule has 0 amide bonds. The van der Waals surface area contributed by atoms with E-state index in [4.69, 9.17) is 4.74 Å². The Bertz CT molecular complexity index is 853. The zero-order chi connectivity index (χ0) is 16.2. The largest absolute Gasteiger partial charge is 0.497 e. The standard InChI is InChI=1S/C20H18BrNO/c1-14(7-8-15-9-11-16(23-2)12-10-15)20-18-6-4-3-5-17(18)19(21)13-22-20/h3-7,9-13H,8H2,1-2H3. The van der Waals surface area contributed by atoms with Gasteiger partial charge in [-0.15, -0.1) is 0 Å². The van der Waals surface area contributed by atoms with Crippen LogP contribution in [0.2, 0.25) is 0 Å². The second kappa shape index (κ2) is 6.97. The number of ether oxygens (including phenoxy) is 1. The lowest BCUT2D eigenvalue weighted by Crippen LogP contribution is -1.91. The van der Waals surface area contributed by atoms with Crippen LogP contribution in [0, 0.1) is 0 Å². The highest BCUT2D eigenvalue weighted by Crippen LogP contribution is 2.28. The van der Waals surface area contributed by atoms with Crippen molar-refractivity contribution >= 4 is 32.3 Å². The van der Waals surface area contributed by atoms with Crippen LogP contribution in [0.1, 0.15) is 18.2 Å². The van der Waals surface area contributed by atoms with Crippen LogP contribution in [-0.4, -0.2) is 12.1 Å². The van der Waals surface area contributed by atoms with Crippen molar-refractivity contribution in [1.82, 2.24) is 4.98 Å². The van der Waals surface area contributed by atoms with Gasteiger partial charge in [-0.2, -0.15) is 0 Å². The molecule has 2 aromatic carbocycles. The Hall–Kier alpha value is -2.13. The van der Waals surface area contributed by atoms with Crippen molar-refractivity contribution in [3.8, 4) is 5.75 Å². The summed E-state index contributed by atoms with van der Waals surface area (Å²) in [4.78, 5) is 4.61. The fraction of sp³-hybridized carbons (Fsp3) is 0.150. The van der Waals surface area contributed by atoms with E-state index in [-0.39, 0.29) is 0 Å². The van der Waals surface area contributed by atoms with E-state index in [0.717, 1.165) is 22.3 Å². The maximum absolute atomic E-state index is 5.19. The minimum atomic E-state index is 0.877. The lowest BCUT2D eigenvalue weighted by atomic mass is 10.0. The Labute approximate surface area is 145 Å². The van der Waals surface area contributed by atoms with Crippen LogP contribution >= 0.6 is 15.9 Å². The molecule has 0 N–H and O–H groups in total. The van der Waals surface area contributed by atoms with Gasteiger partial charge in [0.05, 0.1) is 12.8 Å². The van der Waals surface area contributed by atoms with Crippen LogP contribution in [0.4, 0.5) is 0 Å². The summed E-state index contributed by atoms with van der Waals surface area (Å²) in [6, 6.07) is 16.5. The van der Waals surface area contributed by atoms with E-state index in [1.54, 1.807) is 7.11 Å². The number of pyridine rings is 1. The molecule has 1 heterocycles. The Morgan fingerprint density at radius 2 is 1.78 bits per heavy atom. The molecule has 0 radical (unpaired) electrons. The minimum absolute atomic E-state index is 0.877. The van der Waals surface area contributed by atoms with Gasteiger partial charge in [0, 0.05) is 16.1 Å². The second-order valence-electron chi connectivity index (χ2n) is 5.44. The van der Waals surface area contributed by atoms with Crippen LogP contribution in [-0.2, 0) is 6.42 Å². The van der Waals surface area contributed by atoms with Gasteiger partial charge in [0.15, 0.2) is 0 Å². The summed E-state index contributed by atoms with van der Waals surface area (Å²) in [5.74, 6) is 0.884. The quantitative estimate of drug-likeness (QED) is 0.594. The molecule has 2 nitrogen and oxygen atoms in total. The van der Waals surface area contributed by atoms with E-state index < -0.39 is 0 Å². The molecule has 0 aliphatic carbocycles. The maximum Gasteiger partial charge on any atom is 0.118 e. The van der Waals surface area contributed by atoms with Crippen LogP contribution in [0.3, 0.4) is 0 Å². The zero-order valence-corrected chi connectivity index (χ0v) is 14.8. The van der Waals surface area contributed by atoms with Crippen molar-refractivity contribution in [3.63, 3.8) is 0 Å². The predicted octanol–water partition coefficient (Wildman–Crippen LogP) is 5.65. The first kappa shape index (κ1) is 15.8. The molecule has 0 saturated heterocycles. The predicted molar refractivity (Wildman–Crippen MR) is 99.8 cm³/mol. The molecule has 0 bridgehead atoms. The number of hydrogen-bond donors (Lipinski definition) is 0. The van der Waals surface area contributed by atoms with Gasteiger partial charge in [0.1, 0.15) is 5.75 Å². The van der Waals surface area contributed by atoms with Crippen molar-refractivity contribution < 1.29 is 4.74 Å². The number of halogens is 1. The summed E-state index contributed by atoms with van der Waals surface area (Å²) < 4.78 is 6.22. The third-order valence-electron chi connectivity index (χ3n) is 3.92. The molecular formula is C20H18BrNO. The number of methoxy groups -OCH3 is 1. The third kappa shape index (κ3) is 3.45. The Kier molecular flexibility index (Phi) is 4.77. The molecule has 0 aliphatic rings. The average molecular weight is 368 g/mol. The molecule has 3 rings (SSSR count). The Morgan fingerprint density at radius 3 is 2.48 bits per heavy atom. The number of nitrogens with zero attached hydrogens (tertiary/aromatic N) is 1. The van der Waals surface area contributed by atoms with E-state index in [1.807, 2.05) is 24.4 Å². The zero-order valence-electron chi connectivity index (χ0n) is 13.2. The van der Waals surface area contributed by atoms with Gasteiger partial charge in [-0.25, -0.2) is 0 Å². The number of benzene rings is 2. The van der Waals surface area contributed by atoms with Crippen LogP contribution in [0.25, 0.3) is 16.3 Å². The van der Waals surface area contributed by atoms with Gasteiger partial charge < -0.3 is 4.74 Å². The van der Waals surface area contributed by atoms with Gasteiger partial charge in [-0.3, -0.25) is 4.98 Å². The monoisotopic (exact) mass is 367 g/mol. The average Bonchev–Trinajstić information content (AvgIpc) is 2.60. The fourth-order valence-corrected chi connectivity index (χ4v) is 3.05. The first-order chi connectivity index (χ1) is 11.2. The fourth-order valence-electron chi connectivity index (χ4n) is 2.60. The van der Waals surface area contributed by atoms with Gasteiger partial charge in [-0.05, 0) is 57.9 Å². The molecule has 0 unspecified atom stereocenters. The van der Waals surface area contributed by atoms with E-state index >= 15 is 0 Å². The summed E-state index contributed by atoms with van der Waals surface area (Å²) in [7, 11) is 1.68. The number of rotatable bonds is 4. The van der Waals surface area contributed by atoms with Gasteiger partial charge in [-0.1, -0.05) is 42.5 Å². The summed E-state index contributed by atoms with van der Waals surface area (Å²) in [6.45, 7) is 2.12. The van der Waals surface area contributed by atoms with E-state index in [9.17, 15) is 0 Å². The maximum atomic E-state index is 5.19. The highest BCUT2D eigenvalue weighted by molar-refractivity contribution is 9.10. The summed E-state index contributed by atoms with van der Waals surface area (Å²) >= 11 is 3.58. The molecule has 0 spiro atoms. The first-order valence-electron chi connectivity index (χ1n) is 7.52. The molecule has 116 valence electrons. The van der Waals surface area contributed by atoms with E-state index in [1.165, 1.54) is 21.9 Å². The first-order valence-corrected chi connectivity index (χ1v) is 8.31. The Balaban J connectivity index is 1.90. The van der Waals surface area contributed by atoms with Crippen LogP contribution in [0.5, 0.6) is 5.75 Å². The molecule has 0 aliphatic heterocycles. The molecule has 0 atom stereocenters. The normalized spacial score (nSPS) is 11.7. The number of fused-ring (bicyclic) bond motifs is 1. The molecule has 23 heavy (non-hydrogen) atoms. The number of allylic oxidation sites excluding steroid dienone is 2. The summed E-state index contributed by atoms with van der Waals surface area (Å²) in [6.07, 6.45) is 4.98. The molecule has 0 fully saturated rings. The van der Waals surface area contributed by atoms with Crippen molar-refractivity contribution in [1.29, 1.82) is 0 Å². The Morgan fingerprint density at radius 1 is 1.09 bits per heavy atom. The van der Waals surface area contributed by atoms with Gasteiger partial charge in [0.25, 0.3) is 0 Å². The van der Waals surface area contributed by atoms with E-state index in [0.29, 0.717) is 0 Å². The SMILES string of the molecule is COc1ccc(CC=C(C)c2ncc(Br)c3ccccc23)cc1. The highest BCUT2D eigenvalue weighted by atomic mass is 79.9. The number of hydrogen-bond acceptors (Lipinski definition) is 2. The van der Waals surface area contributed by atoms with Crippen molar-refractivity contribution in [2.75, 3.05) is 7.11 Å². The lowest BCUT2D eigenvalue weighted by Gasteiger charge is -2.08. The molecule has 1 aromatic heterocycles. The number of aromatic nitrogens is 1. The van der Waals surface area contributed by atoms with E-state index in [2.05, 4.69) is 64.2 Å². The van der Waals surface area contributed by atoms with Crippen LogP contribution < -0.4 is 4.74 Å². The van der Waals surface area contributed by atoms with Gasteiger partial charge >= 0.3 is 0 Å². The third-order valence-corrected chi connectivity index (χ3v) is 4.55. The lowest BCUT2D eigenvalue weighted by molar-refractivity contribution is 0.414. The van der Waals surface area contributed by atoms with Crippen molar-refractivity contribution in [2.24, 2.45) is 0 Å². The topological polar surface area (TPSA) is 22.1 Å². The minimum Gasteiger partial charge on any atom is -0.497 e.